The van der Waals surface area contributed by atoms with Crippen LogP contribution in [0.5, 0.6) is 0 Å². The minimum Gasteiger partial charge on any atom is -0.392 e. The van der Waals surface area contributed by atoms with Gasteiger partial charge < -0.3 is 11.5 Å². The van der Waals surface area contributed by atoms with Crippen LogP contribution in [0.25, 0.3) is 0 Å². The molecule has 0 aromatic carbocycles. The fraction of sp³-hybridized carbons (Fsp3) is 0.143. The summed E-state index contributed by atoms with van der Waals surface area (Å²) in [5.74, 6) is 0. The van der Waals surface area contributed by atoms with Crippen LogP contribution < -0.4 is 11.5 Å². The zero-order valence-electron chi connectivity index (χ0n) is 6.16. The topological polar surface area (TPSA) is 99.6 Å². The first kappa shape index (κ1) is 8.51. The van der Waals surface area contributed by atoms with Gasteiger partial charge in [-0.1, -0.05) is 11.8 Å². The van der Waals surface area contributed by atoms with Crippen LogP contribution >= 0.6 is 11.8 Å². The molecule has 0 spiro atoms. The number of allylic oxidation sites excluding steroid dienone is 2. The summed E-state index contributed by atoms with van der Waals surface area (Å²) in [6.07, 6.45) is 0.262. The molecule has 0 aliphatic carbocycles. The Hall–Kier alpha value is -1.59. The van der Waals surface area contributed by atoms with Gasteiger partial charge in [0, 0.05) is 6.42 Å². The molecule has 0 amide bonds. The van der Waals surface area contributed by atoms with E-state index in [4.69, 9.17) is 22.0 Å². The lowest BCUT2D eigenvalue weighted by Gasteiger charge is -2.12. The van der Waals surface area contributed by atoms with Crippen LogP contribution in [0.1, 0.15) is 6.42 Å². The van der Waals surface area contributed by atoms with Crippen molar-refractivity contribution in [2.75, 3.05) is 0 Å². The van der Waals surface area contributed by atoms with Gasteiger partial charge >= 0.3 is 0 Å². The van der Waals surface area contributed by atoms with Crippen molar-refractivity contribution >= 4 is 11.8 Å². The van der Waals surface area contributed by atoms with Gasteiger partial charge in [-0.15, -0.1) is 0 Å². The van der Waals surface area contributed by atoms with E-state index in [1.165, 1.54) is 0 Å². The second-order valence-electron chi connectivity index (χ2n) is 2.19. The number of thioether (sulfide) groups is 1. The molecule has 0 fully saturated rings. The summed E-state index contributed by atoms with van der Waals surface area (Å²) in [5.41, 5.74) is 11.8. The van der Waals surface area contributed by atoms with E-state index >= 15 is 0 Å². The minimum atomic E-state index is 0.262. The summed E-state index contributed by atoms with van der Waals surface area (Å²) >= 11 is 1.08. The van der Waals surface area contributed by atoms with E-state index in [-0.39, 0.29) is 6.42 Å². The van der Waals surface area contributed by atoms with Crippen LogP contribution in [0.2, 0.25) is 0 Å². The Balaban J connectivity index is 2.98. The summed E-state index contributed by atoms with van der Waals surface area (Å²) in [7, 11) is 0. The molecule has 0 radical (unpaired) electrons. The third-order valence-corrected chi connectivity index (χ3v) is 2.37. The van der Waals surface area contributed by atoms with E-state index in [0.29, 0.717) is 21.2 Å². The second kappa shape index (κ2) is 3.21. The third-order valence-electron chi connectivity index (χ3n) is 1.44. The molecule has 1 heterocycles. The number of rotatable bonds is 0. The average molecular weight is 178 g/mol. The second-order valence-corrected chi connectivity index (χ2v) is 3.27. The van der Waals surface area contributed by atoms with Crippen LogP contribution in [0.15, 0.2) is 21.2 Å². The molecule has 0 aromatic heterocycles. The number of nitriles is 2. The van der Waals surface area contributed by atoms with Crippen LogP contribution in [0, 0.1) is 22.7 Å². The fourth-order valence-corrected chi connectivity index (χ4v) is 1.50. The van der Waals surface area contributed by atoms with Crippen molar-refractivity contribution in [1.29, 1.82) is 10.5 Å². The van der Waals surface area contributed by atoms with Crippen LogP contribution in [-0.4, -0.2) is 0 Å². The van der Waals surface area contributed by atoms with Crippen molar-refractivity contribution in [3.8, 4) is 12.1 Å². The summed E-state index contributed by atoms with van der Waals surface area (Å²) in [5, 5.41) is 18.0. The van der Waals surface area contributed by atoms with E-state index in [1.54, 1.807) is 0 Å². The summed E-state index contributed by atoms with van der Waals surface area (Å²) < 4.78 is 0. The first-order valence-electron chi connectivity index (χ1n) is 3.14. The Bertz CT molecular complexity index is 319. The molecule has 4 N–H and O–H groups in total. The molecule has 0 atom stereocenters. The standard InChI is InChI=1S/C7H6N4S/c8-2-4-1-5(3-9)7(11)12-6(4)10/h1,10-11H2. The Morgan fingerprint density at radius 1 is 1.08 bits per heavy atom. The van der Waals surface area contributed by atoms with Crippen LogP contribution in [0.3, 0.4) is 0 Å². The van der Waals surface area contributed by atoms with Crippen molar-refractivity contribution in [2.45, 2.75) is 6.42 Å². The largest absolute Gasteiger partial charge is 0.392 e. The third kappa shape index (κ3) is 1.36. The smallest absolute Gasteiger partial charge is 0.0978 e. The first-order chi connectivity index (χ1) is 5.69. The van der Waals surface area contributed by atoms with Crippen LogP contribution in [0.4, 0.5) is 0 Å². The van der Waals surface area contributed by atoms with Crippen molar-refractivity contribution < 1.29 is 0 Å². The van der Waals surface area contributed by atoms with E-state index in [0.717, 1.165) is 11.8 Å². The highest BCUT2D eigenvalue weighted by Crippen LogP contribution is 2.32. The molecule has 12 heavy (non-hydrogen) atoms. The highest BCUT2D eigenvalue weighted by atomic mass is 32.2. The highest BCUT2D eigenvalue weighted by molar-refractivity contribution is 8.06. The molecule has 1 aliphatic rings. The van der Waals surface area contributed by atoms with Gasteiger partial charge in [0.2, 0.25) is 0 Å². The Labute approximate surface area is 74.1 Å². The van der Waals surface area contributed by atoms with E-state index in [1.807, 2.05) is 12.1 Å². The number of nitrogens with zero attached hydrogens (tertiary/aromatic N) is 2. The number of nitrogens with two attached hydrogens (primary N) is 2. The molecule has 5 heteroatoms. The van der Waals surface area contributed by atoms with E-state index in [9.17, 15) is 0 Å². The maximum absolute atomic E-state index is 8.59. The number of hydrogen-bond acceptors (Lipinski definition) is 5. The van der Waals surface area contributed by atoms with Gasteiger partial charge in [-0.3, -0.25) is 0 Å². The molecule has 0 unspecified atom stereocenters. The Morgan fingerprint density at radius 3 is 1.83 bits per heavy atom. The molecule has 0 aromatic rings. The van der Waals surface area contributed by atoms with Gasteiger partial charge in [-0.05, 0) is 0 Å². The first-order valence-corrected chi connectivity index (χ1v) is 3.96. The van der Waals surface area contributed by atoms with Gasteiger partial charge in [0.15, 0.2) is 0 Å². The predicted octanol–water partition coefficient (Wildman–Crippen LogP) is 0.511. The van der Waals surface area contributed by atoms with Crippen molar-refractivity contribution in [3.63, 3.8) is 0 Å². The van der Waals surface area contributed by atoms with Crippen LogP contribution in [-0.2, 0) is 0 Å². The average Bonchev–Trinajstić information content (AvgIpc) is 2.05. The molecule has 1 rings (SSSR count). The number of hydrogen-bond donors (Lipinski definition) is 2. The predicted molar refractivity (Wildman–Crippen MR) is 45.9 cm³/mol. The Kier molecular flexibility index (Phi) is 2.27. The maximum atomic E-state index is 8.59. The maximum Gasteiger partial charge on any atom is 0.0978 e. The minimum absolute atomic E-state index is 0.262. The molecule has 60 valence electrons. The highest BCUT2D eigenvalue weighted by Gasteiger charge is 2.17. The molecule has 0 saturated heterocycles. The zero-order valence-corrected chi connectivity index (χ0v) is 6.98. The lowest BCUT2D eigenvalue weighted by molar-refractivity contribution is 1.15. The summed E-state index contributed by atoms with van der Waals surface area (Å²) in [4.78, 5) is 0. The fourth-order valence-electron chi connectivity index (χ4n) is 0.782. The quantitative estimate of drug-likeness (QED) is 0.563. The summed E-state index contributed by atoms with van der Waals surface area (Å²) in [6.45, 7) is 0. The monoisotopic (exact) mass is 178 g/mol. The molecule has 4 nitrogen and oxygen atoms in total. The van der Waals surface area contributed by atoms with Crippen molar-refractivity contribution in [3.05, 3.63) is 21.2 Å². The van der Waals surface area contributed by atoms with Gasteiger partial charge in [0.25, 0.3) is 0 Å². The zero-order chi connectivity index (χ0) is 9.14. The lowest BCUT2D eigenvalue weighted by atomic mass is 10.1. The van der Waals surface area contributed by atoms with Gasteiger partial charge in [0.05, 0.1) is 33.3 Å². The van der Waals surface area contributed by atoms with Crippen molar-refractivity contribution in [2.24, 2.45) is 11.5 Å². The Morgan fingerprint density at radius 2 is 1.50 bits per heavy atom. The molecule has 0 bridgehead atoms. The lowest BCUT2D eigenvalue weighted by Crippen LogP contribution is -2.09. The van der Waals surface area contributed by atoms with Gasteiger partial charge in [0.1, 0.15) is 0 Å². The molecule has 1 aliphatic heterocycles. The SMILES string of the molecule is N#CC1=C(N)SC(N)=C(C#N)C1. The van der Waals surface area contributed by atoms with E-state index < -0.39 is 0 Å². The molecule has 0 saturated carbocycles. The van der Waals surface area contributed by atoms with Gasteiger partial charge in [-0.25, -0.2) is 0 Å². The van der Waals surface area contributed by atoms with E-state index in [2.05, 4.69) is 0 Å². The molecular formula is C7H6N4S. The van der Waals surface area contributed by atoms with Gasteiger partial charge in [-0.2, -0.15) is 10.5 Å². The normalized spacial score (nSPS) is 17.2. The summed E-state index contributed by atoms with van der Waals surface area (Å²) in [6, 6.07) is 3.86. The molecular weight excluding hydrogens is 172 g/mol. The van der Waals surface area contributed by atoms with Crippen molar-refractivity contribution in [1.82, 2.24) is 0 Å².